The van der Waals surface area contributed by atoms with Crippen molar-refractivity contribution in [3.8, 4) is 0 Å². The third-order valence-electron chi connectivity index (χ3n) is 5.42. The van der Waals surface area contributed by atoms with Gasteiger partial charge in [0.15, 0.2) is 0 Å². The van der Waals surface area contributed by atoms with Gasteiger partial charge in [0.2, 0.25) is 0 Å². The average Bonchev–Trinajstić information content (AvgIpc) is 2.80. The second-order valence-electron chi connectivity index (χ2n) is 7.68. The fourth-order valence-corrected chi connectivity index (χ4v) is 3.64. The first-order chi connectivity index (χ1) is 14.7. The molecule has 0 aliphatic carbocycles. The minimum absolute atomic E-state index is 0.0829. The lowest BCUT2D eigenvalue weighted by molar-refractivity contribution is 0.0724. The van der Waals surface area contributed by atoms with Crippen molar-refractivity contribution < 1.29 is 4.79 Å². The zero-order valence-electron chi connectivity index (χ0n) is 17.3. The molecule has 0 atom stereocenters. The maximum Gasteiger partial charge on any atom is 0.273 e. The molecule has 0 spiro atoms. The summed E-state index contributed by atoms with van der Waals surface area (Å²) in [5.74, 6) is 0.737. The number of hydrogen-bond donors (Lipinski definition) is 0. The molecule has 2 heterocycles. The number of piperazine rings is 1. The van der Waals surface area contributed by atoms with Crippen molar-refractivity contribution in [3.05, 3.63) is 89.9 Å². The Morgan fingerprint density at radius 1 is 0.867 bits per heavy atom. The van der Waals surface area contributed by atoms with E-state index >= 15 is 0 Å². The van der Waals surface area contributed by atoms with Gasteiger partial charge in [0.1, 0.15) is 17.8 Å². The van der Waals surface area contributed by atoms with Gasteiger partial charge in [-0.3, -0.25) is 4.79 Å². The Bertz CT molecular complexity index is 914. The molecule has 2 aromatic carbocycles. The molecule has 6 heteroatoms. The number of aromatic nitrogens is 2. The number of anilines is 1. The first-order valence-corrected chi connectivity index (χ1v) is 10.3. The van der Waals surface area contributed by atoms with Crippen LogP contribution in [0.3, 0.4) is 0 Å². The van der Waals surface area contributed by atoms with Gasteiger partial charge in [-0.15, -0.1) is 0 Å². The maximum absolute atomic E-state index is 13.4. The molecule has 0 saturated carbocycles. The highest BCUT2D eigenvalue weighted by Crippen LogP contribution is 2.17. The Balaban J connectivity index is 1.57. The van der Waals surface area contributed by atoms with Crippen molar-refractivity contribution in [2.45, 2.75) is 13.1 Å². The van der Waals surface area contributed by atoms with Gasteiger partial charge in [0.25, 0.3) is 5.91 Å². The number of nitrogens with zero attached hydrogens (tertiary/aromatic N) is 5. The molecular formula is C24H27N5O. The van der Waals surface area contributed by atoms with Crippen LogP contribution < -0.4 is 4.90 Å². The van der Waals surface area contributed by atoms with Gasteiger partial charge in [-0.1, -0.05) is 60.7 Å². The highest BCUT2D eigenvalue weighted by atomic mass is 16.2. The van der Waals surface area contributed by atoms with Crippen LogP contribution in [0.2, 0.25) is 0 Å². The second kappa shape index (κ2) is 9.50. The van der Waals surface area contributed by atoms with E-state index in [1.165, 1.54) is 6.33 Å². The zero-order valence-corrected chi connectivity index (χ0v) is 17.3. The molecule has 6 nitrogen and oxygen atoms in total. The highest BCUT2D eigenvalue weighted by Gasteiger charge is 2.21. The van der Waals surface area contributed by atoms with E-state index in [1.54, 1.807) is 0 Å². The zero-order chi connectivity index (χ0) is 20.8. The predicted octanol–water partition coefficient (Wildman–Crippen LogP) is 3.07. The van der Waals surface area contributed by atoms with E-state index < -0.39 is 0 Å². The molecular weight excluding hydrogens is 374 g/mol. The van der Waals surface area contributed by atoms with Gasteiger partial charge in [0, 0.05) is 45.3 Å². The molecule has 1 aliphatic rings. The summed E-state index contributed by atoms with van der Waals surface area (Å²) >= 11 is 0. The van der Waals surface area contributed by atoms with Gasteiger partial charge in [-0.05, 0) is 18.2 Å². The summed E-state index contributed by atoms with van der Waals surface area (Å²) in [5, 5.41) is 0. The van der Waals surface area contributed by atoms with Crippen LogP contribution in [0, 0.1) is 0 Å². The molecule has 1 aliphatic heterocycles. The quantitative estimate of drug-likeness (QED) is 0.635. The Kier molecular flexibility index (Phi) is 6.35. The fraction of sp³-hybridized carbons (Fsp3) is 0.292. The average molecular weight is 402 g/mol. The molecule has 0 radical (unpaired) electrons. The summed E-state index contributed by atoms with van der Waals surface area (Å²) in [6, 6.07) is 22.0. The van der Waals surface area contributed by atoms with Crippen LogP contribution in [-0.4, -0.2) is 58.9 Å². The number of amides is 1. The van der Waals surface area contributed by atoms with Crippen molar-refractivity contribution in [1.82, 2.24) is 19.8 Å². The van der Waals surface area contributed by atoms with Crippen molar-refractivity contribution >= 4 is 11.7 Å². The minimum atomic E-state index is -0.0829. The van der Waals surface area contributed by atoms with Crippen molar-refractivity contribution in [2.75, 3.05) is 38.1 Å². The van der Waals surface area contributed by atoms with Crippen LogP contribution in [0.1, 0.15) is 21.6 Å². The first kappa shape index (κ1) is 20.0. The third-order valence-corrected chi connectivity index (χ3v) is 5.42. The van der Waals surface area contributed by atoms with Gasteiger partial charge in [-0.2, -0.15) is 0 Å². The summed E-state index contributed by atoms with van der Waals surface area (Å²) in [4.78, 5) is 28.6. The standard InChI is InChI=1S/C24H27N5O/c1-27-12-14-28(15-13-27)23-16-22(25-19-26-23)24(30)29(17-20-8-4-2-5-9-20)18-21-10-6-3-7-11-21/h2-11,16,19H,12-15,17-18H2,1H3. The van der Waals surface area contributed by atoms with E-state index in [0.29, 0.717) is 18.8 Å². The van der Waals surface area contributed by atoms with Crippen molar-refractivity contribution in [3.63, 3.8) is 0 Å². The normalized spacial score (nSPS) is 14.5. The van der Waals surface area contributed by atoms with Crippen molar-refractivity contribution in [1.29, 1.82) is 0 Å². The molecule has 30 heavy (non-hydrogen) atoms. The lowest BCUT2D eigenvalue weighted by atomic mass is 10.1. The predicted molar refractivity (Wildman–Crippen MR) is 118 cm³/mol. The largest absolute Gasteiger partial charge is 0.354 e. The SMILES string of the molecule is CN1CCN(c2cc(C(=O)N(Cc3ccccc3)Cc3ccccc3)ncn2)CC1. The van der Waals surface area contributed by atoms with Gasteiger partial charge < -0.3 is 14.7 Å². The number of carbonyl (C=O) groups excluding carboxylic acids is 1. The Labute approximate surface area is 177 Å². The van der Waals surface area contributed by atoms with Gasteiger partial charge in [0.05, 0.1) is 0 Å². The molecule has 0 bridgehead atoms. The Morgan fingerprint density at radius 3 is 2.00 bits per heavy atom. The topological polar surface area (TPSA) is 52.6 Å². The van der Waals surface area contributed by atoms with E-state index in [9.17, 15) is 4.79 Å². The number of likely N-dealkylation sites (N-methyl/N-ethyl adjacent to an activating group) is 1. The summed E-state index contributed by atoms with van der Waals surface area (Å²) in [6.45, 7) is 4.84. The molecule has 154 valence electrons. The molecule has 1 saturated heterocycles. The Hall–Kier alpha value is -3.25. The van der Waals surface area contributed by atoms with Gasteiger partial charge >= 0.3 is 0 Å². The summed E-state index contributed by atoms with van der Waals surface area (Å²) in [6.07, 6.45) is 1.50. The number of rotatable bonds is 6. The minimum Gasteiger partial charge on any atom is -0.354 e. The maximum atomic E-state index is 13.4. The van der Waals surface area contributed by atoms with E-state index in [2.05, 4.69) is 26.8 Å². The summed E-state index contributed by atoms with van der Waals surface area (Å²) in [7, 11) is 2.12. The molecule has 4 rings (SSSR count). The van der Waals surface area contributed by atoms with E-state index in [4.69, 9.17) is 0 Å². The lowest BCUT2D eigenvalue weighted by Crippen LogP contribution is -2.45. The third kappa shape index (κ3) is 5.02. The lowest BCUT2D eigenvalue weighted by Gasteiger charge is -2.33. The van der Waals surface area contributed by atoms with Crippen LogP contribution in [0.5, 0.6) is 0 Å². The second-order valence-corrected chi connectivity index (χ2v) is 7.68. The number of benzene rings is 2. The summed E-state index contributed by atoms with van der Waals surface area (Å²) in [5.41, 5.74) is 2.62. The smallest absolute Gasteiger partial charge is 0.273 e. The Morgan fingerprint density at radius 2 is 1.43 bits per heavy atom. The molecule has 3 aromatic rings. The van der Waals surface area contributed by atoms with E-state index in [1.807, 2.05) is 71.6 Å². The van der Waals surface area contributed by atoms with E-state index in [0.717, 1.165) is 43.1 Å². The van der Waals surface area contributed by atoms with Crippen molar-refractivity contribution in [2.24, 2.45) is 0 Å². The molecule has 0 unspecified atom stereocenters. The van der Waals surface area contributed by atoms with Crippen LogP contribution in [0.15, 0.2) is 73.1 Å². The van der Waals surface area contributed by atoms with Crippen LogP contribution in [0.25, 0.3) is 0 Å². The van der Waals surface area contributed by atoms with E-state index in [-0.39, 0.29) is 5.91 Å². The highest BCUT2D eigenvalue weighted by molar-refractivity contribution is 5.92. The fourth-order valence-electron chi connectivity index (χ4n) is 3.64. The molecule has 0 N–H and O–H groups in total. The first-order valence-electron chi connectivity index (χ1n) is 10.3. The summed E-state index contributed by atoms with van der Waals surface area (Å²) < 4.78 is 0. The molecule has 1 aromatic heterocycles. The molecule has 1 fully saturated rings. The monoisotopic (exact) mass is 401 g/mol. The van der Waals surface area contributed by atoms with Gasteiger partial charge in [-0.25, -0.2) is 9.97 Å². The van der Waals surface area contributed by atoms with Crippen LogP contribution in [-0.2, 0) is 13.1 Å². The molecule has 1 amide bonds. The number of carbonyl (C=O) groups is 1. The van der Waals surface area contributed by atoms with Crippen LogP contribution >= 0.6 is 0 Å². The number of hydrogen-bond acceptors (Lipinski definition) is 5. The van der Waals surface area contributed by atoms with Crippen LogP contribution in [0.4, 0.5) is 5.82 Å².